The first-order chi connectivity index (χ1) is 10.1. The summed E-state index contributed by atoms with van der Waals surface area (Å²) in [6, 6.07) is 8.24. The van der Waals surface area contributed by atoms with Gasteiger partial charge in [-0.15, -0.1) is 0 Å². The minimum Gasteiger partial charge on any atom is -0.366 e. The lowest BCUT2D eigenvalue weighted by Crippen LogP contribution is -2.13. The molecule has 0 spiro atoms. The van der Waals surface area contributed by atoms with E-state index in [2.05, 4.69) is 9.97 Å². The van der Waals surface area contributed by atoms with Crippen LogP contribution in [0, 0.1) is 12.7 Å². The first-order valence-corrected chi connectivity index (χ1v) is 6.38. The number of primary amides is 1. The fraction of sp³-hybridized carbons (Fsp3) is 0.0625. The summed E-state index contributed by atoms with van der Waals surface area (Å²) in [6.07, 6.45) is 3.04. The van der Waals surface area contributed by atoms with Crippen LogP contribution in [0.5, 0.6) is 0 Å². The zero-order valence-corrected chi connectivity index (χ0v) is 11.3. The number of carbonyl (C=O) groups is 1. The standard InChI is InChI=1S/C16H12FN3O/c1-9-12(16(18)21)4-6-20-14(9)11-7-10-3-2-5-19-15(10)13(17)8-11/h2-8H,1H3,(H2,18,21). The van der Waals surface area contributed by atoms with Gasteiger partial charge in [-0.05, 0) is 36.8 Å². The molecule has 0 aliphatic rings. The van der Waals surface area contributed by atoms with Crippen LogP contribution in [0.3, 0.4) is 0 Å². The highest BCUT2D eigenvalue weighted by atomic mass is 19.1. The van der Waals surface area contributed by atoms with Crippen molar-refractivity contribution in [2.24, 2.45) is 5.73 Å². The second kappa shape index (κ2) is 4.94. The van der Waals surface area contributed by atoms with Crippen molar-refractivity contribution in [3.05, 3.63) is 59.7 Å². The first-order valence-electron chi connectivity index (χ1n) is 6.38. The normalized spacial score (nSPS) is 10.8. The Hall–Kier alpha value is -2.82. The molecule has 1 aromatic carbocycles. The molecule has 104 valence electrons. The zero-order chi connectivity index (χ0) is 15.0. The Morgan fingerprint density at radius 1 is 1.19 bits per heavy atom. The number of rotatable bonds is 2. The van der Waals surface area contributed by atoms with Crippen molar-refractivity contribution in [1.82, 2.24) is 9.97 Å². The van der Waals surface area contributed by atoms with Crippen molar-refractivity contribution in [3.8, 4) is 11.3 Å². The number of hydrogen-bond acceptors (Lipinski definition) is 3. The number of aromatic nitrogens is 2. The van der Waals surface area contributed by atoms with Crippen LogP contribution < -0.4 is 5.73 Å². The molecule has 1 amide bonds. The third-order valence-electron chi connectivity index (χ3n) is 3.40. The molecule has 0 saturated heterocycles. The molecule has 3 rings (SSSR count). The van der Waals surface area contributed by atoms with Crippen molar-refractivity contribution in [2.45, 2.75) is 6.92 Å². The fourth-order valence-electron chi connectivity index (χ4n) is 2.38. The second-order valence-corrected chi connectivity index (χ2v) is 4.73. The Kier molecular flexibility index (Phi) is 3.10. The molecule has 2 heterocycles. The maximum absolute atomic E-state index is 14.1. The maximum Gasteiger partial charge on any atom is 0.249 e. The van der Waals surface area contributed by atoms with Gasteiger partial charge in [0.25, 0.3) is 0 Å². The van der Waals surface area contributed by atoms with Crippen LogP contribution in [-0.4, -0.2) is 15.9 Å². The molecule has 0 atom stereocenters. The number of nitrogens with two attached hydrogens (primary N) is 1. The predicted octanol–water partition coefficient (Wildman–Crippen LogP) is 2.84. The molecule has 4 nitrogen and oxygen atoms in total. The van der Waals surface area contributed by atoms with Crippen LogP contribution in [0.15, 0.2) is 42.7 Å². The van der Waals surface area contributed by atoms with Crippen molar-refractivity contribution in [2.75, 3.05) is 0 Å². The lowest BCUT2D eigenvalue weighted by molar-refractivity contribution is 0.0999. The van der Waals surface area contributed by atoms with Crippen LogP contribution >= 0.6 is 0 Å². The molecule has 3 aromatic rings. The molecule has 0 radical (unpaired) electrons. The molecule has 5 heteroatoms. The average Bonchev–Trinajstić information content (AvgIpc) is 2.47. The monoisotopic (exact) mass is 281 g/mol. The Balaban J connectivity index is 2.26. The number of amides is 1. The van der Waals surface area contributed by atoms with Crippen LogP contribution in [0.25, 0.3) is 22.2 Å². The highest BCUT2D eigenvalue weighted by Gasteiger charge is 2.13. The van der Waals surface area contributed by atoms with Gasteiger partial charge in [-0.2, -0.15) is 0 Å². The van der Waals surface area contributed by atoms with E-state index in [0.29, 0.717) is 33.3 Å². The first kappa shape index (κ1) is 13.2. The summed E-state index contributed by atoms with van der Waals surface area (Å²) in [5.41, 5.74) is 7.78. The van der Waals surface area contributed by atoms with Gasteiger partial charge in [0, 0.05) is 28.9 Å². The lowest BCUT2D eigenvalue weighted by Gasteiger charge is -2.09. The van der Waals surface area contributed by atoms with Gasteiger partial charge in [-0.1, -0.05) is 6.07 Å². The number of fused-ring (bicyclic) bond motifs is 1. The Morgan fingerprint density at radius 3 is 2.76 bits per heavy atom. The van der Waals surface area contributed by atoms with Crippen LogP contribution in [-0.2, 0) is 0 Å². The highest BCUT2D eigenvalue weighted by Crippen LogP contribution is 2.27. The SMILES string of the molecule is Cc1c(C(N)=O)ccnc1-c1cc(F)c2ncccc2c1. The van der Waals surface area contributed by atoms with Gasteiger partial charge in [-0.3, -0.25) is 14.8 Å². The largest absolute Gasteiger partial charge is 0.366 e. The smallest absolute Gasteiger partial charge is 0.249 e. The minimum absolute atomic E-state index is 0.310. The Labute approximate surface area is 120 Å². The lowest BCUT2D eigenvalue weighted by atomic mass is 10.0. The summed E-state index contributed by atoms with van der Waals surface area (Å²) in [5, 5.41) is 0.679. The molecule has 0 unspecified atom stereocenters. The molecule has 0 saturated carbocycles. The zero-order valence-electron chi connectivity index (χ0n) is 11.3. The van der Waals surface area contributed by atoms with Gasteiger partial charge in [-0.25, -0.2) is 4.39 Å². The third kappa shape index (κ3) is 2.23. The van der Waals surface area contributed by atoms with E-state index < -0.39 is 11.7 Å². The maximum atomic E-state index is 14.1. The van der Waals surface area contributed by atoms with Crippen molar-refractivity contribution >= 4 is 16.8 Å². The summed E-state index contributed by atoms with van der Waals surface area (Å²) >= 11 is 0. The highest BCUT2D eigenvalue weighted by molar-refractivity contribution is 5.96. The van der Waals surface area contributed by atoms with E-state index in [4.69, 9.17) is 5.73 Å². The number of pyridine rings is 2. The summed E-state index contributed by atoms with van der Waals surface area (Å²) in [5.74, 6) is -0.951. The summed E-state index contributed by atoms with van der Waals surface area (Å²) < 4.78 is 14.1. The molecular weight excluding hydrogens is 269 g/mol. The third-order valence-corrected chi connectivity index (χ3v) is 3.40. The van der Waals surface area contributed by atoms with Gasteiger partial charge < -0.3 is 5.73 Å². The molecule has 0 aliphatic heterocycles. The Bertz CT molecular complexity index is 861. The van der Waals surface area contributed by atoms with Gasteiger partial charge >= 0.3 is 0 Å². The number of hydrogen-bond donors (Lipinski definition) is 1. The van der Waals surface area contributed by atoms with Gasteiger partial charge in [0.05, 0.1) is 5.69 Å². The predicted molar refractivity (Wildman–Crippen MR) is 78.2 cm³/mol. The Morgan fingerprint density at radius 2 is 2.00 bits per heavy atom. The summed E-state index contributed by atoms with van der Waals surface area (Å²) in [4.78, 5) is 19.7. The average molecular weight is 281 g/mol. The number of halogens is 1. The second-order valence-electron chi connectivity index (χ2n) is 4.73. The number of carbonyl (C=O) groups excluding carboxylic acids is 1. The van der Waals surface area contributed by atoms with E-state index in [0.717, 1.165) is 0 Å². The van der Waals surface area contributed by atoms with Crippen LogP contribution in [0.4, 0.5) is 4.39 Å². The van der Waals surface area contributed by atoms with E-state index in [1.165, 1.54) is 12.3 Å². The van der Waals surface area contributed by atoms with Crippen molar-refractivity contribution < 1.29 is 9.18 Å². The van der Waals surface area contributed by atoms with E-state index >= 15 is 0 Å². The molecular formula is C16H12FN3O. The fourth-order valence-corrected chi connectivity index (χ4v) is 2.38. The van der Waals surface area contributed by atoms with E-state index in [-0.39, 0.29) is 0 Å². The van der Waals surface area contributed by atoms with Crippen LogP contribution in [0.2, 0.25) is 0 Å². The molecule has 21 heavy (non-hydrogen) atoms. The summed E-state index contributed by atoms with van der Waals surface area (Å²) in [6.45, 7) is 1.74. The number of nitrogens with zero attached hydrogens (tertiary/aromatic N) is 2. The van der Waals surface area contributed by atoms with Gasteiger partial charge in [0.1, 0.15) is 11.3 Å². The quantitative estimate of drug-likeness (QED) is 0.785. The topological polar surface area (TPSA) is 68.9 Å². The molecule has 0 bridgehead atoms. The molecule has 2 aromatic heterocycles. The summed E-state index contributed by atoms with van der Waals surface area (Å²) in [7, 11) is 0. The van der Waals surface area contributed by atoms with Crippen molar-refractivity contribution in [3.63, 3.8) is 0 Å². The number of benzene rings is 1. The molecule has 0 aliphatic carbocycles. The van der Waals surface area contributed by atoms with Gasteiger partial charge in [0.15, 0.2) is 0 Å². The van der Waals surface area contributed by atoms with Crippen molar-refractivity contribution in [1.29, 1.82) is 0 Å². The molecule has 2 N–H and O–H groups in total. The van der Waals surface area contributed by atoms with E-state index in [9.17, 15) is 9.18 Å². The van der Waals surface area contributed by atoms with Gasteiger partial charge in [0.2, 0.25) is 5.91 Å². The van der Waals surface area contributed by atoms with E-state index in [1.807, 2.05) is 0 Å². The van der Waals surface area contributed by atoms with Crippen LogP contribution in [0.1, 0.15) is 15.9 Å². The van der Waals surface area contributed by atoms with E-state index in [1.54, 1.807) is 37.4 Å². The molecule has 0 fully saturated rings. The minimum atomic E-state index is -0.529.